The Balaban J connectivity index is 2.26. The van der Waals surface area contributed by atoms with Crippen molar-refractivity contribution in [2.24, 2.45) is 0 Å². The Morgan fingerprint density at radius 3 is 2.21 bits per heavy atom. The Hall–Kier alpha value is -1.38. The van der Waals surface area contributed by atoms with Crippen LogP contribution in [-0.4, -0.2) is 112 Å². The number of amides is 1. The second kappa shape index (κ2) is 9.41. The normalized spacial score (nSPS) is 44.1. The summed E-state index contributed by atoms with van der Waals surface area (Å²) in [5.41, 5.74) is 0. The van der Waals surface area contributed by atoms with Crippen LogP contribution in [0.4, 0.5) is 0 Å². The summed E-state index contributed by atoms with van der Waals surface area (Å²) in [5.74, 6) is -1.89. The smallest absolute Gasteiger partial charge is 0.335 e. The second-order valence-corrected chi connectivity index (χ2v) is 6.82. The van der Waals surface area contributed by atoms with Gasteiger partial charge >= 0.3 is 5.97 Å². The van der Waals surface area contributed by atoms with E-state index in [-0.39, 0.29) is 0 Å². The van der Waals surface area contributed by atoms with E-state index in [1.807, 2.05) is 0 Å². The molecule has 2 saturated heterocycles. The van der Waals surface area contributed by atoms with Crippen LogP contribution in [-0.2, 0) is 28.5 Å². The van der Waals surface area contributed by atoms with E-state index in [0.717, 1.165) is 7.11 Å². The zero-order chi connectivity index (χ0) is 21.2. The molecule has 162 valence electrons. The van der Waals surface area contributed by atoms with Gasteiger partial charge in [0, 0.05) is 14.0 Å². The molecular formula is C16H27NO11. The standard InChI is InChI=1S/C16H27NO11/c1-5-8(17-6(2)19)12(9(20)7(4-18)26-5)27-16-11(22)10(21)13(25-3)14(28-16)15(23)24/h5,7-14,16,18,20-22H,4H2,1-3H3,(H,17,19)(H,23,24)/t5?,7?,8?,9-,10-,11?,12-,13+,14?,16?/m1/s1. The van der Waals surface area contributed by atoms with Gasteiger partial charge in [-0.05, 0) is 6.92 Å². The average molecular weight is 409 g/mol. The van der Waals surface area contributed by atoms with E-state index in [0.29, 0.717) is 0 Å². The van der Waals surface area contributed by atoms with Crippen molar-refractivity contribution in [3.05, 3.63) is 0 Å². The van der Waals surface area contributed by atoms with Gasteiger partial charge in [0.25, 0.3) is 0 Å². The molecule has 2 aliphatic rings. The van der Waals surface area contributed by atoms with Crippen LogP contribution in [0.5, 0.6) is 0 Å². The summed E-state index contributed by atoms with van der Waals surface area (Å²) in [5, 5.41) is 52.2. The van der Waals surface area contributed by atoms with E-state index >= 15 is 0 Å². The molecule has 0 bridgehead atoms. The van der Waals surface area contributed by atoms with Crippen molar-refractivity contribution < 1.29 is 54.1 Å². The minimum absolute atomic E-state index is 0.447. The quantitative estimate of drug-likeness (QED) is 0.256. The van der Waals surface area contributed by atoms with E-state index in [1.54, 1.807) is 6.92 Å². The predicted octanol–water partition coefficient (Wildman–Crippen LogP) is -3.44. The number of nitrogens with one attached hydrogen (secondary N) is 1. The lowest BCUT2D eigenvalue weighted by Crippen LogP contribution is -2.67. The topological polar surface area (TPSA) is 184 Å². The van der Waals surface area contributed by atoms with Crippen LogP contribution < -0.4 is 5.32 Å². The maximum Gasteiger partial charge on any atom is 0.335 e. The number of carboxylic acid groups (broad SMARTS) is 1. The van der Waals surface area contributed by atoms with E-state index in [1.165, 1.54) is 6.92 Å². The first-order chi connectivity index (χ1) is 13.1. The monoisotopic (exact) mass is 409 g/mol. The first-order valence-corrected chi connectivity index (χ1v) is 8.76. The third kappa shape index (κ3) is 4.60. The maximum atomic E-state index is 11.5. The van der Waals surface area contributed by atoms with E-state index in [2.05, 4.69) is 5.32 Å². The molecule has 10 atom stereocenters. The van der Waals surface area contributed by atoms with Crippen molar-refractivity contribution in [2.45, 2.75) is 75.0 Å². The molecule has 0 radical (unpaired) electrons. The summed E-state index contributed by atoms with van der Waals surface area (Å²) in [4.78, 5) is 23.0. The van der Waals surface area contributed by atoms with Gasteiger partial charge in [-0.25, -0.2) is 4.79 Å². The first-order valence-electron chi connectivity index (χ1n) is 8.76. The van der Waals surface area contributed by atoms with E-state index in [9.17, 15) is 35.1 Å². The summed E-state index contributed by atoms with van der Waals surface area (Å²) < 4.78 is 21.2. The average Bonchev–Trinajstić information content (AvgIpc) is 2.63. The Kier molecular flexibility index (Phi) is 7.70. The number of aliphatic carboxylic acids is 1. The Morgan fingerprint density at radius 1 is 1.07 bits per heavy atom. The van der Waals surface area contributed by atoms with Crippen molar-refractivity contribution in [1.29, 1.82) is 0 Å². The number of carbonyl (C=O) groups is 2. The highest BCUT2D eigenvalue weighted by Crippen LogP contribution is 2.30. The van der Waals surface area contributed by atoms with Crippen LogP contribution in [0.25, 0.3) is 0 Å². The van der Waals surface area contributed by atoms with Crippen LogP contribution in [0.3, 0.4) is 0 Å². The second-order valence-electron chi connectivity index (χ2n) is 6.82. The van der Waals surface area contributed by atoms with Gasteiger partial charge in [-0.15, -0.1) is 0 Å². The predicted molar refractivity (Wildman–Crippen MR) is 89.0 cm³/mol. The van der Waals surface area contributed by atoms with Gasteiger partial charge in [0.05, 0.1) is 18.8 Å². The molecule has 0 aromatic carbocycles. The molecular weight excluding hydrogens is 382 g/mol. The molecule has 12 nitrogen and oxygen atoms in total. The lowest BCUT2D eigenvalue weighted by atomic mass is 9.92. The van der Waals surface area contributed by atoms with Gasteiger partial charge < -0.3 is 49.8 Å². The molecule has 0 saturated carbocycles. The third-order valence-corrected chi connectivity index (χ3v) is 4.87. The Labute approximate surface area is 160 Å². The molecule has 0 spiro atoms. The lowest BCUT2D eigenvalue weighted by Gasteiger charge is -2.47. The molecule has 0 aliphatic carbocycles. The first kappa shape index (κ1) is 22.9. The summed E-state index contributed by atoms with van der Waals surface area (Å²) in [6, 6.07) is -0.897. The number of hydrogen-bond acceptors (Lipinski definition) is 10. The highest BCUT2D eigenvalue weighted by atomic mass is 16.7. The van der Waals surface area contributed by atoms with Gasteiger partial charge in [-0.1, -0.05) is 0 Å². The van der Waals surface area contributed by atoms with Crippen LogP contribution in [0, 0.1) is 0 Å². The number of carbonyl (C=O) groups excluding carboxylic acids is 1. The number of aliphatic hydroxyl groups is 4. The van der Waals surface area contributed by atoms with Gasteiger partial charge in [0.1, 0.15) is 36.6 Å². The zero-order valence-corrected chi connectivity index (χ0v) is 15.7. The zero-order valence-electron chi connectivity index (χ0n) is 15.7. The number of methoxy groups -OCH3 is 1. The molecule has 6 N–H and O–H groups in total. The van der Waals surface area contributed by atoms with Crippen LogP contribution in [0.15, 0.2) is 0 Å². The van der Waals surface area contributed by atoms with Crippen molar-refractivity contribution in [2.75, 3.05) is 13.7 Å². The molecule has 28 heavy (non-hydrogen) atoms. The summed E-state index contributed by atoms with van der Waals surface area (Å²) in [7, 11) is 1.16. The van der Waals surface area contributed by atoms with Gasteiger partial charge in [-0.3, -0.25) is 4.79 Å². The molecule has 0 aromatic heterocycles. The summed E-state index contributed by atoms with van der Waals surface area (Å²) in [6.45, 7) is 2.28. The SMILES string of the molecule is CO[C@@H]1C(C(=O)O)OC(O[C@@H]2C(NC(C)=O)C(C)OC(CO)[C@H]2O)C(O)[C@H]1O. The van der Waals surface area contributed by atoms with Crippen LogP contribution in [0.1, 0.15) is 13.8 Å². The van der Waals surface area contributed by atoms with Gasteiger partial charge in [-0.2, -0.15) is 0 Å². The van der Waals surface area contributed by atoms with Crippen LogP contribution in [0.2, 0.25) is 0 Å². The highest BCUT2D eigenvalue weighted by Gasteiger charge is 2.52. The fourth-order valence-electron chi connectivity index (χ4n) is 3.45. The van der Waals surface area contributed by atoms with Crippen molar-refractivity contribution in [3.63, 3.8) is 0 Å². The molecule has 2 fully saturated rings. The minimum Gasteiger partial charge on any atom is -0.479 e. The lowest BCUT2D eigenvalue weighted by molar-refractivity contribution is -0.327. The Bertz CT molecular complexity index is 561. The number of ether oxygens (including phenoxy) is 4. The number of hydrogen-bond donors (Lipinski definition) is 6. The Morgan fingerprint density at radius 2 is 1.71 bits per heavy atom. The summed E-state index contributed by atoms with van der Waals surface area (Å²) in [6.07, 6.45) is -12.4. The molecule has 1 amide bonds. The highest BCUT2D eigenvalue weighted by molar-refractivity contribution is 5.73. The van der Waals surface area contributed by atoms with Gasteiger partial charge in [0.15, 0.2) is 12.4 Å². The van der Waals surface area contributed by atoms with Crippen LogP contribution >= 0.6 is 0 Å². The number of aliphatic hydroxyl groups excluding tert-OH is 4. The third-order valence-electron chi connectivity index (χ3n) is 4.87. The molecule has 6 unspecified atom stereocenters. The number of rotatable bonds is 6. The van der Waals surface area contributed by atoms with E-state index < -0.39 is 79.6 Å². The molecule has 2 rings (SSSR count). The fourth-order valence-corrected chi connectivity index (χ4v) is 3.45. The molecule has 0 aromatic rings. The molecule has 2 heterocycles. The summed E-state index contributed by atoms with van der Waals surface area (Å²) >= 11 is 0. The largest absolute Gasteiger partial charge is 0.479 e. The van der Waals surface area contributed by atoms with E-state index in [4.69, 9.17) is 18.9 Å². The minimum atomic E-state index is -1.70. The molecule has 12 heteroatoms. The van der Waals surface area contributed by atoms with Crippen molar-refractivity contribution in [3.8, 4) is 0 Å². The number of carboxylic acids is 1. The fraction of sp³-hybridized carbons (Fsp3) is 0.875. The van der Waals surface area contributed by atoms with Gasteiger partial charge in [0.2, 0.25) is 5.91 Å². The van der Waals surface area contributed by atoms with Crippen molar-refractivity contribution in [1.82, 2.24) is 5.32 Å². The maximum absolute atomic E-state index is 11.5. The van der Waals surface area contributed by atoms with Crippen molar-refractivity contribution >= 4 is 11.9 Å². The molecule has 2 aliphatic heterocycles.